The molecule has 1 aliphatic rings. The van der Waals surface area contributed by atoms with Crippen LogP contribution >= 0.6 is 0 Å². The van der Waals surface area contributed by atoms with E-state index in [2.05, 4.69) is 15.6 Å². The molecule has 1 atom stereocenters. The Labute approximate surface area is 129 Å². The topological polar surface area (TPSA) is 54.9 Å². The zero-order chi connectivity index (χ0) is 16.3. The van der Waals surface area contributed by atoms with Gasteiger partial charge in [-0.15, -0.1) is 0 Å². The summed E-state index contributed by atoms with van der Waals surface area (Å²) < 4.78 is 47.1. The van der Waals surface area contributed by atoms with Crippen LogP contribution in [0.5, 0.6) is 0 Å². The smallest absolute Gasteiger partial charge is 0.381 e. The van der Waals surface area contributed by atoms with Crippen LogP contribution in [0.25, 0.3) is 0 Å². The highest BCUT2D eigenvalue weighted by atomic mass is 19.4. The predicted octanol–water partition coefficient (Wildman–Crippen LogP) is 1.94. The van der Waals surface area contributed by atoms with Crippen molar-refractivity contribution < 1.29 is 22.6 Å². The van der Waals surface area contributed by atoms with Crippen molar-refractivity contribution in [3.8, 4) is 0 Å². The van der Waals surface area contributed by atoms with Crippen LogP contribution in [-0.2, 0) is 9.47 Å². The summed E-state index contributed by atoms with van der Waals surface area (Å²) in [6.45, 7) is 5.70. The quantitative estimate of drug-likeness (QED) is 0.386. The van der Waals surface area contributed by atoms with Gasteiger partial charge in [-0.05, 0) is 19.8 Å². The molecular weight excluding hydrogens is 299 g/mol. The van der Waals surface area contributed by atoms with E-state index in [1.807, 2.05) is 6.92 Å². The van der Waals surface area contributed by atoms with Crippen molar-refractivity contribution in [2.24, 2.45) is 10.9 Å². The summed E-state index contributed by atoms with van der Waals surface area (Å²) in [6, 6.07) is 0. The SMILES string of the molecule is CCNC(=NCCCOCC1CCOC1)NCCC(F)(F)F. The van der Waals surface area contributed by atoms with Gasteiger partial charge in [-0.25, -0.2) is 0 Å². The van der Waals surface area contributed by atoms with E-state index in [1.54, 1.807) is 0 Å². The number of halogens is 3. The number of nitrogens with one attached hydrogen (secondary N) is 2. The van der Waals surface area contributed by atoms with Crippen LogP contribution in [0.1, 0.15) is 26.2 Å². The number of nitrogens with zero attached hydrogens (tertiary/aromatic N) is 1. The lowest BCUT2D eigenvalue weighted by molar-refractivity contribution is -0.132. The molecule has 0 bridgehead atoms. The molecule has 0 radical (unpaired) electrons. The molecule has 1 unspecified atom stereocenters. The summed E-state index contributed by atoms with van der Waals surface area (Å²) in [5.41, 5.74) is 0. The molecule has 0 spiro atoms. The molecule has 0 aromatic rings. The molecule has 2 N–H and O–H groups in total. The van der Waals surface area contributed by atoms with Crippen LogP contribution in [0.2, 0.25) is 0 Å². The number of hydrogen-bond donors (Lipinski definition) is 2. The Bertz CT molecular complexity index is 319. The molecule has 5 nitrogen and oxygen atoms in total. The molecule has 0 aromatic carbocycles. The normalized spacial score (nSPS) is 19.5. The third-order valence-corrected chi connectivity index (χ3v) is 3.14. The molecule has 0 amide bonds. The molecule has 1 aliphatic heterocycles. The van der Waals surface area contributed by atoms with Gasteiger partial charge in [0.05, 0.1) is 19.6 Å². The van der Waals surface area contributed by atoms with Crippen LogP contribution in [0.3, 0.4) is 0 Å². The van der Waals surface area contributed by atoms with Gasteiger partial charge in [-0.2, -0.15) is 13.2 Å². The first kappa shape index (κ1) is 19.0. The van der Waals surface area contributed by atoms with Crippen molar-refractivity contribution in [1.29, 1.82) is 0 Å². The Morgan fingerprint density at radius 2 is 2.18 bits per heavy atom. The first-order valence-corrected chi connectivity index (χ1v) is 7.75. The number of rotatable bonds is 9. The molecule has 0 aliphatic carbocycles. The lowest BCUT2D eigenvalue weighted by Crippen LogP contribution is -2.39. The standard InChI is InChI=1S/C14H26F3N3O2/c1-2-18-13(20-7-5-14(15,16)17)19-6-3-8-21-10-12-4-9-22-11-12/h12H,2-11H2,1H3,(H2,18,19,20). The van der Waals surface area contributed by atoms with Gasteiger partial charge in [0.2, 0.25) is 0 Å². The third-order valence-electron chi connectivity index (χ3n) is 3.14. The summed E-state index contributed by atoms with van der Waals surface area (Å²) >= 11 is 0. The molecule has 0 aromatic heterocycles. The van der Waals surface area contributed by atoms with Crippen molar-refractivity contribution in [2.45, 2.75) is 32.4 Å². The second-order valence-corrected chi connectivity index (χ2v) is 5.21. The van der Waals surface area contributed by atoms with Gasteiger partial charge in [-0.1, -0.05) is 0 Å². The maximum atomic E-state index is 12.1. The van der Waals surface area contributed by atoms with Crippen LogP contribution < -0.4 is 10.6 Å². The van der Waals surface area contributed by atoms with E-state index in [9.17, 15) is 13.2 Å². The number of hydrogen-bond acceptors (Lipinski definition) is 3. The number of aliphatic imine (C=N–C) groups is 1. The Morgan fingerprint density at radius 1 is 1.36 bits per heavy atom. The first-order chi connectivity index (χ1) is 10.5. The Hall–Kier alpha value is -1.02. The van der Waals surface area contributed by atoms with Gasteiger partial charge in [0.15, 0.2) is 5.96 Å². The second-order valence-electron chi connectivity index (χ2n) is 5.21. The summed E-state index contributed by atoms with van der Waals surface area (Å²) in [6.07, 6.45) is -3.23. The average Bonchev–Trinajstić information content (AvgIpc) is 2.94. The Kier molecular flexibility index (Phi) is 9.22. The van der Waals surface area contributed by atoms with Crippen LogP contribution in [0.15, 0.2) is 4.99 Å². The van der Waals surface area contributed by atoms with Crippen LogP contribution in [-0.4, -0.2) is 58.2 Å². The highest BCUT2D eigenvalue weighted by molar-refractivity contribution is 5.79. The summed E-state index contributed by atoms with van der Waals surface area (Å²) in [4.78, 5) is 4.22. The van der Waals surface area contributed by atoms with Crippen LogP contribution in [0, 0.1) is 5.92 Å². The molecule has 22 heavy (non-hydrogen) atoms. The fourth-order valence-electron chi connectivity index (χ4n) is 1.99. The van der Waals surface area contributed by atoms with Gasteiger partial charge in [0, 0.05) is 38.8 Å². The van der Waals surface area contributed by atoms with E-state index in [4.69, 9.17) is 9.47 Å². The summed E-state index contributed by atoms with van der Waals surface area (Å²) in [5, 5.41) is 5.59. The number of ether oxygens (including phenoxy) is 2. The van der Waals surface area contributed by atoms with Gasteiger partial charge in [0.25, 0.3) is 0 Å². The van der Waals surface area contributed by atoms with E-state index in [0.29, 0.717) is 38.2 Å². The van der Waals surface area contributed by atoms with E-state index in [1.165, 1.54) is 0 Å². The monoisotopic (exact) mass is 325 g/mol. The van der Waals surface area contributed by atoms with Crippen molar-refractivity contribution in [1.82, 2.24) is 10.6 Å². The van der Waals surface area contributed by atoms with Crippen molar-refractivity contribution >= 4 is 5.96 Å². The van der Waals surface area contributed by atoms with Gasteiger partial charge in [0.1, 0.15) is 0 Å². The maximum absolute atomic E-state index is 12.1. The van der Waals surface area contributed by atoms with Gasteiger partial charge >= 0.3 is 6.18 Å². The Balaban J connectivity index is 2.10. The summed E-state index contributed by atoms with van der Waals surface area (Å²) in [7, 11) is 0. The molecule has 0 saturated carbocycles. The van der Waals surface area contributed by atoms with E-state index in [0.717, 1.165) is 26.1 Å². The minimum Gasteiger partial charge on any atom is -0.381 e. The predicted molar refractivity (Wildman–Crippen MR) is 79.0 cm³/mol. The number of alkyl halides is 3. The maximum Gasteiger partial charge on any atom is 0.390 e. The molecule has 1 fully saturated rings. The van der Waals surface area contributed by atoms with E-state index < -0.39 is 12.6 Å². The highest BCUT2D eigenvalue weighted by Gasteiger charge is 2.26. The fraction of sp³-hybridized carbons (Fsp3) is 0.929. The molecule has 1 saturated heterocycles. The summed E-state index contributed by atoms with van der Waals surface area (Å²) in [5.74, 6) is 0.904. The molecule has 8 heteroatoms. The zero-order valence-corrected chi connectivity index (χ0v) is 13.0. The van der Waals surface area contributed by atoms with E-state index in [-0.39, 0.29) is 6.54 Å². The molecule has 130 valence electrons. The van der Waals surface area contributed by atoms with Gasteiger partial charge in [-0.3, -0.25) is 4.99 Å². The molecular formula is C14H26F3N3O2. The first-order valence-electron chi connectivity index (χ1n) is 7.75. The van der Waals surface area contributed by atoms with E-state index >= 15 is 0 Å². The lowest BCUT2D eigenvalue weighted by Gasteiger charge is -2.12. The van der Waals surface area contributed by atoms with Crippen molar-refractivity contribution in [2.75, 3.05) is 46.1 Å². The Morgan fingerprint density at radius 3 is 2.82 bits per heavy atom. The van der Waals surface area contributed by atoms with Crippen molar-refractivity contribution in [3.63, 3.8) is 0 Å². The molecule has 1 heterocycles. The average molecular weight is 325 g/mol. The van der Waals surface area contributed by atoms with Crippen molar-refractivity contribution in [3.05, 3.63) is 0 Å². The highest BCUT2D eigenvalue weighted by Crippen LogP contribution is 2.18. The number of guanidine groups is 1. The minimum atomic E-state index is -4.15. The lowest BCUT2D eigenvalue weighted by atomic mass is 10.1. The largest absolute Gasteiger partial charge is 0.390 e. The second kappa shape index (κ2) is 10.7. The fourth-order valence-corrected chi connectivity index (χ4v) is 1.99. The third kappa shape index (κ3) is 9.83. The molecule has 1 rings (SSSR count). The minimum absolute atomic E-state index is 0.173. The van der Waals surface area contributed by atoms with Gasteiger partial charge < -0.3 is 20.1 Å². The zero-order valence-electron chi connectivity index (χ0n) is 13.0. The van der Waals surface area contributed by atoms with Crippen LogP contribution in [0.4, 0.5) is 13.2 Å².